The van der Waals surface area contributed by atoms with Gasteiger partial charge in [-0.05, 0) is 47.9 Å². The molecule has 4 nitrogen and oxygen atoms in total. The number of hydrogen-bond donors (Lipinski definition) is 1. The van der Waals surface area contributed by atoms with Crippen LogP contribution < -0.4 is 10.1 Å². The third-order valence-electron chi connectivity index (χ3n) is 3.96. The van der Waals surface area contributed by atoms with E-state index in [1.54, 1.807) is 24.3 Å². The Hall–Kier alpha value is -3.34. The van der Waals surface area contributed by atoms with Crippen LogP contribution >= 0.6 is 0 Å². The zero-order chi connectivity index (χ0) is 19.1. The molecule has 0 aliphatic carbocycles. The van der Waals surface area contributed by atoms with E-state index >= 15 is 0 Å². The summed E-state index contributed by atoms with van der Waals surface area (Å²) >= 11 is 0. The molecule has 1 amide bonds. The number of carbonyl (C=O) groups excluding carboxylic acids is 1. The van der Waals surface area contributed by atoms with E-state index in [1.165, 1.54) is 12.1 Å². The number of ether oxygens (including phenoxy) is 1. The molecule has 3 aromatic rings. The molecule has 0 aliphatic heterocycles. The van der Waals surface area contributed by atoms with E-state index in [9.17, 15) is 9.18 Å². The van der Waals surface area contributed by atoms with Gasteiger partial charge in [0.1, 0.15) is 23.9 Å². The Morgan fingerprint density at radius 1 is 1.11 bits per heavy atom. The predicted molar refractivity (Wildman–Crippen MR) is 101 cm³/mol. The highest BCUT2D eigenvalue weighted by atomic mass is 19.1. The Morgan fingerprint density at radius 2 is 1.89 bits per heavy atom. The molecule has 1 N–H and O–H groups in total. The van der Waals surface area contributed by atoms with Crippen molar-refractivity contribution in [3.05, 3.63) is 102 Å². The number of furan rings is 1. The zero-order valence-electron chi connectivity index (χ0n) is 14.8. The maximum atomic E-state index is 12.9. The summed E-state index contributed by atoms with van der Waals surface area (Å²) in [6, 6.07) is 17.0. The molecule has 1 heterocycles. The SMILES string of the molecule is C=CCc1ccccc1OCc1ccc(C(=O)NCc2ccc(F)cc2)o1. The van der Waals surface area contributed by atoms with Gasteiger partial charge in [0.2, 0.25) is 0 Å². The lowest BCUT2D eigenvalue weighted by molar-refractivity contribution is 0.0919. The highest BCUT2D eigenvalue weighted by Crippen LogP contribution is 2.20. The van der Waals surface area contributed by atoms with Gasteiger partial charge in [-0.25, -0.2) is 4.39 Å². The van der Waals surface area contributed by atoms with Crippen molar-refractivity contribution < 1.29 is 18.3 Å². The Labute approximate surface area is 157 Å². The molecule has 0 bridgehead atoms. The largest absolute Gasteiger partial charge is 0.485 e. The van der Waals surface area contributed by atoms with Crippen molar-refractivity contribution in [2.24, 2.45) is 0 Å². The van der Waals surface area contributed by atoms with Crippen molar-refractivity contribution in [3.8, 4) is 5.75 Å². The Kier molecular flexibility index (Phi) is 6.05. The normalized spacial score (nSPS) is 10.4. The van der Waals surface area contributed by atoms with Crippen LogP contribution in [0.15, 0.2) is 77.7 Å². The van der Waals surface area contributed by atoms with Crippen molar-refractivity contribution in [3.63, 3.8) is 0 Å². The number of halogens is 1. The summed E-state index contributed by atoms with van der Waals surface area (Å²) in [6.45, 7) is 4.26. The zero-order valence-corrected chi connectivity index (χ0v) is 14.8. The van der Waals surface area contributed by atoms with Gasteiger partial charge in [0.15, 0.2) is 5.76 Å². The molecule has 0 radical (unpaired) electrons. The molecule has 27 heavy (non-hydrogen) atoms. The number of allylic oxidation sites excluding steroid dienone is 1. The molecular formula is C22H20FNO3. The standard InChI is InChI=1S/C22H20FNO3/c1-2-5-17-6-3-4-7-20(17)26-15-19-12-13-21(27-19)22(25)24-14-16-8-10-18(23)11-9-16/h2-4,6-13H,1,5,14-15H2,(H,24,25). The average molecular weight is 365 g/mol. The summed E-state index contributed by atoms with van der Waals surface area (Å²) in [6.07, 6.45) is 2.53. The molecule has 0 saturated heterocycles. The summed E-state index contributed by atoms with van der Waals surface area (Å²) in [4.78, 5) is 12.2. The number of benzene rings is 2. The molecule has 2 aromatic carbocycles. The van der Waals surface area contributed by atoms with Gasteiger partial charge < -0.3 is 14.5 Å². The van der Waals surface area contributed by atoms with Gasteiger partial charge in [-0.1, -0.05) is 36.4 Å². The topological polar surface area (TPSA) is 51.5 Å². The summed E-state index contributed by atoms with van der Waals surface area (Å²) in [5.41, 5.74) is 1.84. The number of hydrogen-bond acceptors (Lipinski definition) is 3. The highest BCUT2D eigenvalue weighted by Gasteiger charge is 2.12. The minimum atomic E-state index is -0.336. The van der Waals surface area contributed by atoms with E-state index in [4.69, 9.17) is 9.15 Å². The molecule has 0 spiro atoms. The van der Waals surface area contributed by atoms with Crippen LogP contribution in [0.1, 0.15) is 27.4 Å². The van der Waals surface area contributed by atoms with Crippen LogP contribution in [0.4, 0.5) is 4.39 Å². The smallest absolute Gasteiger partial charge is 0.287 e. The van der Waals surface area contributed by atoms with E-state index in [0.29, 0.717) is 18.7 Å². The van der Waals surface area contributed by atoms with Gasteiger partial charge in [0.25, 0.3) is 5.91 Å². The fraction of sp³-hybridized carbons (Fsp3) is 0.136. The van der Waals surface area contributed by atoms with Crippen molar-refractivity contribution in [1.29, 1.82) is 0 Å². The first-order valence-electron chi connectivity index (χ1n) is 8.58. The monoisotopic (exact) mass is 365 g/mol. The van der Waals surface area contributed by atoms with Gasteiger partial charge in [-0.15, -0.1) is 6.58 Å². The second-order valence-electron chi connectivity index (χ2n) is 5.96. The number of para-hydroxylation sites is 1. The number of rotatable bonds is 8. The third kappa shape index (κ3) is 5.07. The Morgan fingerprint density at radius 3 is 2.67 bits per heavy atom. The van der Waals surface area contributed by atoms with Crippen LogP contribution in [0.3, 0.4) is 0 Å². The lowest BCUT2D eigenvalue weighted by Crippen LogP contribution is -2.22. The van der Waals surface area contributed by atoms with E-state index in [2.05, 4.69) is 11.9 Å². The maximum absolute atomic E-state index is 12.9. The molecule has 0 saturated carbocycles. The lowest BCUT2D eigenvalue weighted by Gasteiger charge is -2.09. The molecule has 0 atom stereocenters. The number of nitrogens with one attached hydrogen (secondary N) is 1. The first-order valence-corrected chi connectivity index (χ1v) is 8.58. The predicted octanol–water partition coefficient (Wildman–Crippen LogP) is 4.66. The van der Waals surface area contributed by atoms with Crippen molar-refractivity contribution >= 4 is 5.91 Å². The van der Waals surface area contributed by atoms with Gasteiger partial charge >= 0.3 is 0 Å². The van der Waals surface area contributed by atoms with E-state index in [0.717, 1.165) is 16.9 Å². The molecule has 5 heteroatoms. The molecule has 1 aromatic heterocycles. The van der Waals surface area contributed by atoms with Crippen molar-refractivity contribution in [2.75, 3.05) is 0 Å². The first-order chi connectivity index (χ1) is 13.2. The minimum absolute atomic E-state index is 0.204. The first kappa shape index (κ1) is 18.5. The van der Waals surface area contributed by atoms with Crippen LogP contribution in [0.2, 0.25) is 0 Å². The van der Waals surface area contributed by atoms with E-state index < -0.39 is 0 Å². The van der Waals surface area contributed by atoms with E-state index in [1.807, 2.05) is 30.3 Å². The van der Waals surface area contributed by atoms with Crippen LogP contribution in [0, 0.1) is 5.82 Å². The molecule has 0 fully saturated rings. The van der Waals surface area contributed by atoms with Crippen LogP contribution in [-0.2, 0) is 19.6 Å². The summed E-state index contributed by atoms with van der Waals surface area (Å²) in [5.74, 6) is 0.870. The summed E-state index contributed by atoms with van der Waals surface area (Å²) in [7, 11) is 0. The van der Waals surface area contributed by atoms with Crippen molar-refractivity contribution in [1.82, 2.24) is 5.32 Å². The molecule has 0 aliphatic rings. The summed E-state index contributed by atoms with van der Waals surface area (Å²) < 4.78 is 24.3. The Balaban J connectivity index is 1.55. The number of amides is 1. The minimum Gasteiger partial charge on any atom is -0.485 e. The van der Waals surface area contributed by atoms with Gasteiger partial charge in [-0.2, -0.15) is 0 Å². The fourth-order valence-electron chi connectivity index (χ4n) is 2.57. The van der Waals surface area contributed by atoms with Crippen LogP contribution in [0.5, 0.6) is 5.75 Å². The average Bonchev–Trinajstić information content (AvgIpc) is 3.16. The second-order valence-corrected chi connectivity index (χ2v) is 5.96. The molecule has 3 rings (SSSR count). The van der Waals surface area contributed by atoms with Gasteiger partial charge in [-0.3, -0.25) is 4.79 Å². The Bertz CT molecular complexity index is 915. The summed E-state index contributed by atoms with van der Waals surface area (Å²) in [5, 5.41) is 2.74. The fourth-order valence-corrected chi connectivity index (χ4v) is 2.57. The maximum Gasteiger partial charge on any atom is 0.287 e. The van der Waals surface area contributed by atoms with Crippen LogP contribution in [-0.4, -0.2) is 5.91 Å². The lowest BCUT2D eigenvalue weighted by atomic mass is 10.1. The van der Waals surface area contributed by atoms with Gasteiger partial charge in [0, 0.05) is 6.54 Å². The quantitative estimate of drug-likeness (QED) is 0.591. The molecular weight excluding hydrogens is 345 g/mol. The molecule has 138 valence electrons. The van der Waals surface area contributed by atoms with Gasteiger partial charge in [0.05, 0.1) is 0 Å². The highest BCUT2D eigenvalue weighted by molar-refractivity contribution is 5.91. The second kappa shape index (κ2) is 8.85. The van der Waals surface area contributed by atoms with E-state index in [-0.39, 0.29) is 24.1 Å². The van der Waals surface area contributed by atoms with Crippen LogP contribution in [0.25, 0.3) is 0 Å². The number of carbonyl (C=O) groups is 1. The molecule has 0 unspecified atom stereocenters. The third-order valence-corrected chi connectivity index (χ3v) is 3.96. The van der Waals surface area contributed by atoms with Crippen molar-refractivity contribution in [2.45, 2.75) is 19.6 Å².